The number of hydrogen-bond acceptors (Lipinski definition) is 3. The van der Waals surface area contributed by atoms with Crippen LogP contribution in [0.4, 0.5) is 5.69 Å². The Morgan fingerprint density at radius 2 is 2.06 bits per heavy atom. The van der Waals surface area contributed by atoms with E-state index in [9.17, 15) is 0 Å². The average molecular weight is 219 g/mol. The minimum Gasteiger partial charge on any atom is -0.399 e. The number of likely N-dealkylation sites (tertiary alicyclic amines) is 1. The summed E-state index contributed by atoms with van der Waals surface area (Å²) in [5, 5.41) is 0. The van der Waals surface area contributed by atoms with Gasteiger partial charge in [-0.25, -0.2) is 0 Å². The highest BCUT2D eigenvalue weighted by molar-refractivity contribution is 5.37. The lowest BCUT2D eigenvalue weighted by Gasteiger charge is -2.34. The second kappa shape index (κ2) is 4.83. The number of pyridine rings is 1. The van der Waals surface area contributed by atoms with E-state index in [1.807, 2.05) is 12.1 Å². The van der Waals surface area contributed by atoms with Crippen molar-refractivity contribution in [1.29, 1.82) is 0 Å². The van der Waals surface area contributed by atoms with Crippen LogP contribution in [0, 0.1) is 11.8 Å². The van der Waals surface area contributed by atoms with Crippen molar-refractivity contribution in [1.82, 2.24) is 9.88 Å². The first kappa shape index (κ1) is 11.4. The molecule has 0 spiro atoms. The summed E-state index contributed by atoms with van der Waals surface area (Å²) in [4.78, 5) is 6.85. The Balaban J connectivity index is 1.98. The van der Waals surface area contributed by atoms with Gasteiger partial charge < -0.3 is 5.73 Å². The molecular weight excluding hydrogens is 198 g/mol. The molecule has 1 aliphatic heterocycles. The lowest BCUT2D eigenvalue weighted by Crippen LogP contribution is -2.38. The number of rotatable bonds is 2. The molecule has 16 heavy (non-hydrogen) atoms. The molecule has 1 aromatic rings. The van der Waals surface area contributed by atoms with E-state index in [1.165, 1.54) is 19.5 Å². The second-order valence-electron chi connectivity index (χ2n) is 5.22. The number of nitrogens with zero attached hydrogens (tertiary/aromatic N) is 2. The van der Waals surface area contributed by atoms with Gasteiger partial charge in [-0.1, -0.05) is 13.8 Å². The van der Waals surface area contributed by atoms with Gasteiger partial charge in [0.1, 0.15) is 0 Å². The zero-order valence-electron chi connectivity index (χ0n) is 10.2. The Morgan fingerprint density at radius 1 is 1.38 bits per heavy atom. The monoisotopic (exact) mass is 219 g/mol. The molecule has 1 aromatic heterocycles. The van der Waals surface area contributed by atoms with E-state index >= 15 is 0 Å². The van der Waals surface area contributed by atoms with Crippen molar-refractivity contribution >= 4 is 5.69 Å². The molecule has 2 rings (SSSR count). The van der Waals surface area contributed by atoms with Crippen LogP contribution in [-0.2, 0) is 6.54 Å². The Labute approximate surface area is 97.7 Å². The van der Waals surface area contributed by atoms with E-state index < -0.39 is 0 Å². The Morgan fingerprint density at radius 3 is 2.69 bits per heavy atom. The quantitative estimate of drug-likeness (QED) is 0.828. The number of aromatic nitrogens is 1. The van der Waals surface area contributed by atoms with E-state index in [0.29, 0.717) is 0 Å². The Hall–Kier alpha value is -1.09. The molecule has 1 fully saturated rings. The fourth-order valence-electron chi connectivity index (χ4n) is 2.73. The molecular formula is C13H21N3. The fraction of sp³-hybridized carbons (Fsp3) is 0.615. The van der Waals surface area contributed by atoms with Crippen molar-refractivity contribution in [2.75, 3.05) is 18.8 Å². The summed E-state index contributed by atoms with van der Waals surface area (Å²) < 4.78 is 0. The molecule has 0 saturated carbocycles. The number of nitrogen functional groups attached to an aromatic ring is 1. The van der Waals surface area contributed by atoms with Crippen molar-refractivity contribution in [3.05, 3.63) is 24.0 Å². The van der Waals surface area contributed by atoms with Gasteiger partial charge in [0.25, 0.3) is 0 Å². The molecule has 0 radical (unpaired) electrons. The van der Waals surface area contributed by atoms with Gasteiger partial charge in [0.05, 0.1) is 5.69 Å². The van der Waals surface area contributed by atoms with Crippen molar-refractivity contribution in [2.45, 2.75) is 26.8 Å². The standard InChI is InChI=1S/C13H21N3/c1-10-5-11(2)8-16(7-10)9-13-6-12(14)3-4-15-13/h3-4,6,10-11H,5,7-9H2,1-2H3,(H2,14,15). The molecule has 3 heteroatoms. The summed E-state index contributed by atoms with van der Waals surface area (Å²) in [6.45, 7) is 7.95. The van der Waals surface area contributed by atoms with Crippen LogP contribution in [0.25, 0.3) is 0 Å². The Bertz CT molecular complexity index is 341. The molecule has 2 N–H and O–H groups in total. The topological polar surface area (TPSA) is 42.1 Å². The zero-order chi connectivity index (χ0) is 11.5. The van der Waals surface area contributed by atoms with Gasteiger partial charge >= 0.3 is 0 Å². The number of hydrogen-bond donors (Lipinski definition) is 1. The van der Waals surface area contributed by atoms with Crippen LogP contribution in [0.3, 0.4) is 0 Å². The largest absolute Gasteiger partial charge is 0.399 e. The molecule has 2 heterocycles. The van der Waals surface area contributed by atoms with E-state index in [1.54, 1.807) is 6.20 Å². The van der Waals surface area contributed by atoms with Crippen LogP contribution in [0.15, 0.2) is 18.3 Å². The number of nitrogens with two attached hydrogens (primary N) is 1. The highest BCUT2D eigenvalue weighted by atomic mass is 15.1. The normalized spacial score (nSPS) is 26.9. The SMILES string of the molecule is CC1CC(C)CN(Cc2cc(N)ccn2)C1. The zero-order valence-corrected chi connectivity index (χ0v) is 10.2. The highest BCUT2D eigenvalue weighted by Crippen LogP contribution is 2.22. The molecule has 3 nitrogen and oxygen atoms in total. The van der Waals surface area contributed by atoms with Crippen LogP contribution in [0.5, 0.6) is 0 Å². The molecule has 0 bridgehead atoms. The summed E-state index contributed by atoms with van der Waals surface area (Å²) in [7, 11) is 0. The van der Waals surface area contributed by atoms with Crippen molar-refractivity contribution in [3.63, 3.8) is 0 Å². The second-order valence-corrected chi connectivity index (χ2v) is 5.22. The third-order valence-electron chi connectivity index (χ3n) is 3.17. The maximum Gasteiger partial charge on any atom is 0.0564 e. The van der Waals surface area contributed by atoms with Crippen LogP contribution in [0.2, 0.25) is 0 Å². The lowest BCUT2D eigenvalue weighted by molar-refractivity contribution is 0.133. The summed E-state index contributed by atoms with van der Waals surface area (Å²) in [6.07, 6.45) is 3.14. The molecule has 88 valence electrons. The summed E-state index contributed by atoms with van der Waals surface area (Å²) in [5.74, 6) is 1.59. The van der Waals surface area contributed by atoms with Crippen LogP contribution >= 0.6 is 0 Å². The van der Waals surface area contributed by atoms with Gasteiger partial charge in [-0.05, 0) is 30.4 Å². The molecule has 1 saturated heterocycles. The fourth-order valence-corrected chi connectivity index (χ4v) is 2.73. The average Bonchev–Trinajstić information content (AvgIpc) is 2.15. The van der Waals surface area contributed by atoms with Gasteiger partial charge in [-0.2, -0.15) is 0 Å². The minimum atomic E-state index is 0.796. The third-order valence-corrected chi connectivity index (χ3v) is 3.17. The molecule has 0 aliphatic carbocycles. The predicted molar refractivity (Wildman–Crippen MR) is 66.9 cm³/mol. The maximum atomic E-state index is 5.76. The summed E-state index contributed by atoms with van der Waals surface area (Å²) in [5.41, 5.74) is 7.65. The highest BCUT2D eigenvalue weighted by Gasteiger charge is 2.21. The Kier molecular flexibility index (Phi) is 3.44. The first-order chi connectivity index (χ1) is 7.63. The molecule has 0 aromatic carbocycles. The van der Waals surface area contributed by atoms with Crippen LogP contribution < -0.4 is 5.73 Å². The lowest BCUT2D eigenvalue weighted by atomic mass is 9.92. The number of anilines is 1. The van der Waals surface area contributed by atoms with E-state index in [-0.39, 0.29) is 0 Å². The molecule has 1 aliphatic rings. The first-order valence-electron chi connectivity index (χ1n) is 6.06. The van der Waals surface area contributed by atoms with Crippen LogP contribution in [-0.4, -0.2) is 23.0 Å². The van der Waals surface area contributed by atoms with E-state index in [4.69, 9.17) is 5.73 Å². The molecule has 0 amide bonds. The van der Waals surface area contributed by atoms with Crippen molar-refractivity contribution in [3.8, 4) is 0 Å². The first-order valence-corrected chi connectivity index (χ1v) is 6.06. The van der Waals surface area contributed by atoms with Gasteiger partial charge in [0.15, 0.2) is 0 Å². The van der Waals surface area contributed by atoms with Gasteiger partial charge in [0, 0.05) is 31.5 Å². The van der Waals surface area contributed by atoms with Crippen molar-refractivity contribution < 1.29 is 0 Å². The van der Waals surface area contributed by atoms with E-state index in [0.717, 1.165) is 29.8 Å². The number of piperidine rings is 1. The van der Waals surface area contributed by atoms with Gasteiger partial charge in [-0.3, -0.25) is 9.88 Å². The van der Waals surface area contributed by atoms with Crippen LogP contribution in [0.1, 0.15) is 26.0 Å². The van der Waals surface area contributed by atoms with Gasteiger partial charge in [0.2, 0.25) is 0 Å². The summed E-state index contributed by atoms with van der Waals surface area (Å²) in [6, 6.07) is 3.81. The van der Waals surface area contributed by atoms with Crippen molar-refractivity contribution in [2.24, 2.45) is 11.8 Å². The molecule has 2 atom stereocenters. The summed E-state index contributed by atoms with van der Waals surface area (Å²) >= 11 is 0. The predicted octanol–water partition coefficient (Wildman–Crippen LogP) is 2.14. The smallest absolute Gasteiger partial charge is 0.0564 e. The third kappa shape index (κ3) is 2.95. The van der Waals surface area contributed by atoms with Gasteiger partial charge in [-0.15, -0.1) is 0 Å². The van der Waals surface area contributed by atoms with E-state index in [2.05, 4.69) is 23.7 Å². The molecule has 2 unspecified atom stereocenters. The maximum absolute atomic E-state index is 5.76. The minimum absolute atomic E-state index is 0.796.